The van der Waals surface area contributed by atoms with Crippen LogP contribution >= 0.6 is 0 Å². The summed E-state index contributed by atoms with van der Waals surface area (Å²) in [5.41, 5.74) is 3.79. The Morgan fingerprint density at radius 1 is 0.806 bits per heavy atom. The molecule has 3 rings (SSSR count). The van der Waals surface area contributed by atoms with E-state index in [0.717, 1.165) is 16.7 Å². The van der Waals surface area contributed by atoms with Crippen molar-refractivity contribution >= 4 is 17.5 Å². The van der Waals surface area contributed by atoms with Crippen LogP contribution in [-0.4, -0.2) is 17.9 Å². The third kappa shape index (κ3) is 5.51. The Balaban J connectivity index is 1.71. The molecule has 0 aromatic heterocycles. The molecule has 0 saturated heterocycles. The van der Waals surface area contributed by atoms with Gasteiger partial charge in [-0.3, -0.25) is 9.59 Å². The van der Waals surface area contributed by atoms with Crippen LogP contribution in [0.25, 0.3) is 0 Å². The predicted molar refractivity (Wildman–Crippen MR) is 123 cm³/mol. The van der Waals surface area contributed by atoms with Crippen LogP contribution in [0.15, 0.2) is 72.8 Å². The van der Waals surface area contributed by atoms with Crippen LogP contribution in [-0.2, 0) is 4.79 Å². The summed E-state index contributed by atoms with van der Waals surface area (Å²) in [5, 5.41) is 5.83. The van der Waals surface area contributed by atoms with E-state index in [1.54, 1.807) is 31.2 Å². The molecule has 0 fully saturated rings. The molecule has 0 aliphatic rings. The van der Waals surface area contributed by atoms with Crippen molar-refractivity contribution in [3.63, 3.8) is 0 Å². The van der Waals surface area contributed by atoms with Gasteiger partial charge in [0.15, 0.2) is 6.10 Å². The number of rotatable bonds is 7. The van der Waals surface area contributed by atoms with Crippen LogP contribution in [0, 0.1) is 13.8 Å². The molecule has 0 radical (unpaired) electrons. The van der Waals surface area contributed by atoms with E-state index in [1.807, 2.05) is 69.3 Å². The first-order chi connectivity index (χ1) is 14.9. The van der Waals surface area contributed by atoms with Gasteiger partial charge in [-0.2, -0.15) is 0 Å². The van der Waals surface area contributed by atoms with Crippen LogP contribution in [0.3, 0.4) is 0 Å². The molecule has 0 bridgehead atoms. The van der Waals surface area contributed by atoms with E-state index in [0.29, 0.717) is 17.0 Å². The van der Waals surface area contributed by atoms with Crippen LogP contribution in [0.2, 0.25) is 0 Å². The number of amides is 2. The quantitative estimate of drug-likeness (QED) is 0.556. The first kappa shape index (κ1) is 22.1. The number of hydrogen-bond acceptors (Lipinski definition) is 3. The third-order valence-electron chi connectivity index (χ3n) is 5.15. The van der Waals surface area contributed by atoms with Crippen molar-refractivity contribution in [3.8, 4) is 5.75 Å². The summed E-state index contributed by atoms with van der Waals surface area (Å²) < 4.78 is 5.92. The Bertz CT molecular complexity index is 1040. The fourth-order valence-corrected chi connectivity index (χ4v) is 3.34. The molecule has 5 nitrogen and oxygen atoms in total. The molecule has 5 heteroatoms. The zero-order valence-electron chi connectivity index (χ0n) is 18.3. The van der Waals surface area contributed by atoms with Crippen LogP contribution in [0.5, 0.6) is 5.75 Å². The third-order valence-corrected chi connectivity index (χ3v) is 5.15. The summed E-state index contributed by atoms with van der Waals surface area (Å²) in [6, 6.07) is 22.4. The Morgan fingerprint density at radius 3 is 2.10 bits per heavy atom. The number of carbonyl (C=O) groups excluding carboxylic acids is 2. The van der Waals surface area contributed by atoms with Crippen LogP contribution in [0.4, 0.5) is 5.69 Å². The smallest absolute Gasteiger partial charge is 0.265 e. The minimum atomic E-state index is -0.723. The molecule has 0 heterocycles. The standard InChI is InChI=1S/C26H28N2O3/c1-17-11-10-12-18(2)24(17)31-20(4)25(29)28-23-16-9-8-15-22(23)26(30)27-19(3)21-13-6-5-7-14-21/h5-16,19-20H,1-4H3,(H,27,30)(H,28,29)/t19-,20-/m1/s1. The lowest BCUT2D eigenvalue weighted by Crippen LogP contribution is -2.32. The van der Waals surface area contributed by atoms with Gasteiger partial charge in [0, 0.05) is 0 Å². The Kier molecular flexibility index (Phi) is 7.08. The number of nitrogens with one attached hydrogen (secondary N) is 2. The summed E-state index contributed by atoms with van der Waals surface area (Å²) in [7, 11) is 0. The van der Waals surface area contributed by atoms with E-state index in [9.17, 15) is 9.59 Å². The number of anilines is 1. The van der Waals surface area contributed by atoms with Gasteiger partial charge >= 0.3 is 0 Å². The van der Waals surface area contributed by atoms with Gasteiger partial charge in [0.1, 0.15) is 5.75 Å². The predicted octanol–water partition coefficient (Wildman–Crippen LogP) is 5.20. The average Bonchev–Trinajstić information content (AvgIpc) is 2.77. The first-order valence-corrected chi connectivity index (χ1v) is 10.4. The SMILES string of the molecule is Cc1cccc(C)c1O[C@H](C)C(=O)Nc1ccccc1C(=O)N[C@H](C)c1ccccc1. The molecule has 160 valence electrons. The largest absolute Gasteiger partial charge is 0.480 e. The molecule has 2 atom stereocenters. The minimum Gasteiger partial charge on any atom is -0.480 e. The van der Waals surface area contributed by atoms with Crippen molar-refractivity contribution in [3.05, 3.63) is 95.1 Å². The highest BCUT2D eigenvalue weighted by molar-refractivity contribution is 6.04. The van der Waals surface area contributed by atoms with Gasteiger partial charge in [0.2, 0.25) is 0 Å². The molecular weight excluding hydrogens is 388 g/mol. The van der Waals surface area contributed by atoms with Crippen LogP contribution < -0.4 is 15.4 Å². The highest BCUT2D eigenvalue weighted by atomic mass is 16.5. The number of benzene rings is 3. The highest BCUT2D eigenvalue weighted by Crippen LogP contribution is 2.24. The maximum absolute atomic E-state index is 12.9. The minimum absolute atomic E-state index is 0.163. The maximum Gasteiger partial charge on any atom is 0.265 e. The fraction of sp³-hybridized carbons (Fsp3) is 0.231. The molecule has 0 spiro atoms. The summed E-state index contributed by atoms with van der Waals surface area (Å²) in [6.45, 7) is 7.51. The molecule has 2 N–H and O–H groups in total. The number of ether oxygens (including phenoxy) is 1. The molecule has 0 aliphatic carbocycles. The van der Waals surface area contributed by atoms with Crippen molar-refractivity contribution in [2.45, 2.75) is 39.8 Å². The molecule has 3 aromatic rings. The lowest BCUT2D eigenvalue weighted by molar-refractivity contribution is -0.122. The molecule has 0 aliphatic heterocycles. The topological polar surface area (TPSA) is 67.4 Å². The second-order valence-corrected chi connectivity index (χ2v) is 7.62. The Labute approximate surface area is 183 Å². The van der Waals surface area contributed by atoms with Crippen molar-refractivity contribution in [1.29, 1.82) is 0 Å². The second kappa shape index (κ2) is 9.94. The van der Waals surface area contributed by atoms with Crippen LogP contribution in [0.1, 0.15) is 46.9 Å². The molecule has 3 aromatic carbocycles. The highest BCUT2D eigenvalue weighted by Gasteiger charge is 2.20. The molecule has 0 unspecified atom stereocenters. The van der Waals surface area contributed by atoms with Gasteiger partial charge < -0.3 is 15.4 Å². The van der Waals surface area contributed by atoms with E-state index < -0.39 is 6.10 Å². The fourth-order valence-electron chi connectivity index (χ4n) is 3.34. The van der Waals surface area contributed by atoms with Gasteiger partial charge in [-0.15, -0.1) is 0 Å². The summed E-state index contributed by atoms with van der Waals surface area (Å²) in [5.74, 6) is 0.127. The number of aryl methyl sites for hydroxylation is 2. The lowest BCUT2D eigenvalue weighted by atomic mass is 10.1. The number of para-hydroxylation sites is 2. The lowest BCUT2D eigenvalue weighted by Gasteiger charge is -2.19. The maximum atomic E-state index is 12.9. The van der Waals surface area contributed by atoms with Gasteiger partial charge in [-0.05, 0) is 56.5 Å². The van der Waals surface area contributed by atoms with E-state index in [2.05, 4.69) is 10.6 Å². The van der Waals surface area contributed by atoms with Gasteiger partial charge in [-0.25, -0.2) is 0 Å². The Hall–Kier alpha value is -3.60. The van der Waals surface area contributed by atoms with Crippen molar-refractivity contribution in [1.82, 2.24) is 5.32 Å². The first-order valence-electron chi connectivity index (χ1n) is 10.4. The molecule has 2 amide bonds. The zero-order valence-corrected chi connectivity index (χ0v) is 18.3. The summed E-state index contributed by atoms with van der Waals surface area (Å²) >= 11 is 0. The van der Waals surface area contributed by atoms with Crippen molar-refractivity contribution in [2.75, 3.05) is 5.32 Å². The van der Waals surface area contributed by atoms with E-state index in [4.69, 9.17) is 4.74 Å². The summed E-state index contributed by atoms with van der Waals surface area (Å²) in [6.07, 6.45) is -0.723. The van der Waals surface area contributed by atoms with Crippen molar-refractivity contribution < 1.29 is 14.3 Å². The molecular formula is C26H28N2O3. The molecule has 0 saturated carbocycles. The number of hydrogen-bond donors (Lipinski definition) is 2. The van der Waals surface area contributed by atoms with Crippen molar-refractivity contribution in [2.24, 2.45) is 0 Å². The van der Waals surface area contributed by atoms with Gasteiger partial charge in [0.25, 0.3) is 11.8 Å². The monoisotopic (exact) mass is 416 g/mol. The van der Waals surface area contributed by atoms with E-state index >= 15 is 0 Å². The molecule has 31 heavy (non-hydrogen) atoms. The average molecular weight is 417 g/mol. The van der Waals surface area contributed by atoms with Gasteiger partial charge in [0.05, 0.1) is 17.3 Å². The Morgan fingerprint density at radius 2 is 1.42 bits per heavy atom. The summed E-state index contributed by atoms with van der Waals surface area (Å²) in [4.78, 5) is 25.7. The van der Waals surface area contributed by atoms with E-state index in [-0.39, 0.29) is 17.9 Å². The normalized spacial score (nSPS) is 12.5. The second-order valence-electron chi connectivity index (χ2n) is 7.62. The van der Waals surface area contributed by atoms with Gasteiger partial charge in [-0.1, -0.05) is 60.7 Å². The number of carbonyl (C=O) groups is 2. The van der Waals surface area contributed by atoms with E-state index in [1.165, 1.54) is 0 Å². The zero-order chi connectivity index (χ0) is 22.4.